The van der Waals surface area contributed by atoms with E-state index in [9.17, 15) is 23.1 Å². The number of aromatic amines is 1. The number of carbonyl (C=O) groups is 1. The van der Waals surface area contributed by atoms with E-state index in [-0.39, 0.29) is 10.9 Å². The van der Waals surface area contributed by atoms with Crippen LogP contribution in [0, 0.1) is 0 Å². The Morgan fingerprint density at radius 2 is 1.91 bits per heavy atom. The van der Waals surface area contributed by atoms with Gasteiger partial charge in [0, 0.05) is 23.2 Å². The summed E-state index contributed by atoms with van der Waals surface area (Å²) in [6, 6.07) is 2.94. The van der Waals surface area contributed by atoms with Crippen LogP contribution in [-0.4, -0.2) is 31.4 Å². The van der Waals surface area contributed by atoms with Crippen molar-refractivity contribution in [3.05, 3.63) is 41.9 Å². The van der Waals surface area contributed by atoms with E-state index in [1.54, 1.807) is 0 Å². The lowest BCUT2D eigenvalue weighted by molar-refractivity contribution is -0.136. The molecule has 118 valence electrons. The second kappa shape index (κ2) is 4.97. The van der Waals surface area contributed by atoms with Crippen LogP contribution in [0.4, 0.5) is 13.2 Å². The average Bonchev–Trinajstić information content (AvgIpc) is 2.99. The maximum Gasteiger partial charge on any atom is 0.418 e. The molecule has 23 heavy (non-hydrogen) atoms. The third-order valence-corrected chi connectivity index (χ3v) is 3.25. The molecule has 0 spiro atoms. The van der Waals surface area contributed by atoms with E-state index in [0.29, 0.717) is 5.56 Å². The Kier molecular flexibility index (Phi) is 3.20. The zero-order valence-electron chi connectivity index (χ0n) is 11.2. The lowest BCUT2D eigenvalue weighted by atomic mass is 10.00. The molecular weight excluding hydrogens is 315 g/mol. The van der Waals surface area contributed by atoms with E-state index in [0.717, 1.165) is 12.1 Å². The number of rotatable bonds is 2. The van der Waals surface area contributed by atoms with Gasteiger partial charge < -0.3 is 10.2 Å². The van der Waals surface area contributed by atoms with Crippen molar-refractivity contribution in [2.75, 3.05) is 0 Å². The Morgan fingerprint density at radius 3 is 2.48 bits per heavy atom. The van der Waals surface area contributed by atoms with Gasteiger partial charge in [0.2, 0.25) is 0 Å². The fourth-order valence-electron chi connectivity index (χ4n) is 2.21. The zero-order chi connectivity index (χ0) is 16.8. The summed E-state index contributed by atoms with van der Waals surface area (Å²) in [7, 11) is 0. The van der Waals surface area contributed by atoms with Crippen molar-refractivity contribution in [1.29, 1.82) is 0 Å². The maximum absolute atomic E-state index is 13.3. The van der Waals surface area contributed by atoms with Crippen molar-refractivity contribution in [1.82, 2.24) is 15.2 Å². The molecule has 1 aromatic carbocycles. The summed E-state index contributed by atoms with van der Waals surface area (Å²) in [6.45, 7) is 0. The number of aromatic carboxylic acids is 1. The van der Waals surface area contributed by atoms with Gasteiger partial charge in [0.05, 0.1) is 17.3 Å². The van der Waals surface area contributed by atoms with Crippen LogP contribution in [0.5, 0.6) is 5.75 Å². The molecular formula is C14H8F3N3O3. The number of H-pyrrole nitrogens is 1. The highest BCUT2D eigenvalue weighted by Gasteiger charge is 2.35. The Bertz CT molecular complexity index is 905. The van der Waals surface area contributed by atoms with Gasteiger partial charge >= 0.3 is 12.1 Å². The largest absolute Gasteiger partial charge is 0.507 e. The van der Waals surface area contributed by atoms with E-state index in [4.69, 9.17) is 5.11 Å². The van der Waals surface area contributed by atoms with Crippen molar-refractivity contribution in [2.45, 2.75) is 6.18 Å². The molecule has 6 nitrogen and oxygen atoms in total. The fraction of sp³-hybridized carbons (Fsp3) is 0.0714. The molecule has 0 radical (unpaired) electrons. The number of nitrogens with zero attached hydrogens (tertiary/aromatic N) is 2. The normalized spacial score (nSPS) is 11.8. The van der Waals surface area contributed by atoms with Crippen LogP contribution in [0.2, 0.25) is 0 Å². The summed E-state index contributed by atoms with van der Waals surface area (Å²) in [6.07, 6.45) is -2.04. The van der Waals surface area contributed by atoms with Crippen molar-refractivity contribution in [3.63, 3.8) is 0 Å². The van der Waals surface area contributed by atoms with Crippen molar-refractivity contribution < 1.29 is 28.2 Å². The molecule has 3 rings (SSSR count). The number of halogens is 3. The second-order valence-electron chi connectivity index (χ2n) is 4.74. The summed E-state index contributed by atoms with van der Waals surface area (Å²) in [4.78, 5) is 14.5. The smallest absolute Gasteiger partial charge is 0.418 e. The SMILES string of the molecule is O=C(O)c1cc(O)c2cc(-c3cn[nH]c3)cc(C(F)(F)F)c2n1. The molecule has 9 heteroatoms. The highest BCUT2D eigenvalue weighted by molar-refractivity contribution is 5.96. The molecule has 0 fully saturated rings. The van der Waals surface area contributed by atoms with E-state index in [2.05, 4.69) is 15.2 Å². The number of fused-ring (bicyclic) bond motifs is 1. The molecule has 0 aliphatic rings. The Labute approximate surface area is 126 Å². The first-order chi connectivity index (χ1) is 10.8. The summed E-state index contributed by atoms with van der Waals surface area (Å²) in [5.74, 6) is -2.13. The Hall–Kier alpha value is -3.10. The zero-order valence-corrected chi connectivity index (χ0v) is 11.2. The van der Waals surface area contributed by atoms with E-state index in [1.165, 1.54) is 18.5 Å². The first kappa shape index (κ1) is 14.8. The molecule has 3 aromatic rings. The number of aromatic nitrogens is 3. The van der Waals surface area contributed by atoms with Crippen molar-refractivity contribution in [3.8, 4) is 16.9 Å². The quantitative estimate of drug-likeness (QED) is 0.673. The molecule has 0 aliphatic heterocycles. The number of benzene rings is 1. The number of alkyl halides is 3. The van der Waals surface area contributed by atoms with E-state index < -0.39 is 34.7 Å². The first-order valence-electron chi connectivity index (χ1n) is 6.25. The number of aromatic hydroxyl groups is 1. The van der Waals surface area contributed by atoms with Gasteiger partial charge in [0.25, 0.3) is 0 Å². The topological polar surface area (TPSA) is 99.1 Å². The van der Waals surface area contributed by atoms with Gasteiger partial charge in [0.1, 0.15) is 5.75 Å². The van der Waals surface area contributed by atoms with Gasteiger partial charge in [-0.2, -0.15) is 18.3 Å². The monoisotopic (exact) mass is 323 g/mol. The van der Waals surface area contributed by atoms with Crippen LogP contribution in [-0.2, 0) is 6.18 Å². The number of carboxylic acid groups (broad SMARTS) is 1. The molecule has 0 atom stereocenters. The molecule has 2 aromatic heterocycles. The van der Waals surface area contributed by atoms with Crippen molar-refractivity contribution >= 4 is 16.9 Å². The minimum atomic E-state index is -4.77. The molecule has 0 amide bonds. The second-order valence-corrected chi connectivity index (χ2v) is 4.74. The summed E-state index contributed by atoms with van der Waals surface area (Å²) in [5.41, 5.74) is -1.87. The van der Waals surface area contributed by atoms with E-state index in [1.807, 2.05) is 0 Å². The highest BCUT2D eigenvalue weighted by atomic mass is 19.4. The van der Waals surface area contributed by atoms with Crippen LogP contribution >= 0.6 is 0 Å². The van der Waals surface area contributed by atoms with Crippen LogP contribution in [0.25, 0.3) is 22.0 Å². The van der Waals surface area contributed by atoms with Crippen LogP contribution in [0.1, 0.15) is 16.1 Å². The number of pyridine rings is 1. The van der Waals surface area contributed by atoms with Gasteiger partial charge in [-0.15, -0.1) is 0 Å². The predicted octanol–water partition coefficient (Wildman–Crippen LogP) is 3.05. The lowest BCUT2D eigenvalue weighted by Crippen LogP contribution is -2.09. The Morgan fingerprint density at radius 1 is 1.17 bits per heavy atom. The third kappa shape index (κ3) is 2.56. The molecule has 0 saturated carbocycles. The summed E-state index contributed by atoms with van der Waals surface area (Å²) in [5, 5.41) is 24.8. The molecule has 0 unspecified atom stereocenters. The standard InChI is InChI=1S/C14H8F3N3O3/c15-14(16,17)9-2-6(7-4-18-19-5-7)1-8-11(21)3-10(13(22)23)20-12(8)9/h1-5H,(H,18,19)(H,20,21)(H,22,23). The fourth-order valence-corrected chi connectivity index (χ4v) is 2.21. The number of hydrogen-bond acceptors (Lipinski definition) is 4. The van der Waals surface area contributed by atoms with Crippen molar-refractivity contribution in [2.24, 2.45) is 0 Å². The van der Waals surface area contributed by atoms with Gasteiger partial charge in [-0.1, -0.05) is 0 Å². The Balaban J connectivity index is 2.40. The van der Waals surface area contributed by atoms with Crippen LogP contribution in [0.15, 0.2) is 30.6 Å². The lowest BCUT2D eigenvalue weighted by Gasteiger charge is -2.13. The summed E-state index contributed by atoms with van der Waals surface area (Å²) >= 11 is 0. The van der Waals surface area contributed by atoms with Gasteiger partial charge in [-0.05, 0) is 17.7 Å². The van der Waals surface area contributed by atoms with Crippen LogP contribution in [0.3, 0.4) is 0 Å². The molecule has 0 aliphatic carbocycles. The summed E-state index contributed by atoms with van der Waals surface area (Å²) < 4.78 is 39.9. The minimum Gasteiger partial charge on any atom is -0.507 e. The molecule has 2 heterocycles. The average molecular weight is 323 g/mol. The minimum absolute atomic E-state index is 0.166. The number of carboxylic acids is 1. The highest BCUT2D eigenvalue weighted by Crippen LogP contribution is 2.39. The molecule has 0 bridgehead atoms. The maximum atomic E-state index is 13.3. The van der Waals surface area contributed by atoms with Gasteiger partial charge in [-0.3, -0.25) is 5.10 Å². The number of hydrogen-bond donors (Lipinski definition) is 3. The first-order valence-corrected chi connectivity index (χ1v) is 6.25. The third-order valence-electron chi connectivity index (χ3n) is 3.25. The van der Waals surface area contributed by atoms with Gasteiger partial charge in [0.15, 0.2) is 5.69 Å². The predicted molar refractivity (Wildman–Crippen MR) is 73.0 cm³/mol. The van der Waals surface area contributed by atoms with Crippen LogP contribution < -0.4 is 0 Å². The van der Waals surface area contributed by atoms with Gasteiger partial charge in [-0.25, -0.2) is 9.78 Å². The number of nitrogens with one attached hydrogen (secondary N) is 1. The molecule has 3 N–H and O–H groups in total. The molecule has 0 saturated heterocycles. The van der Waals surface area contributed by atoms with E-state index >= 15 is 0 Å².